The van der Waals surface area contributed by atoms with Crippen molar-refractivity contribution in [3.8, 4) is 0 Å². The molecule has 0 bridgehead atoms. The summed E-state index contributed by atoms with van der Waals surface area (Å²) in [6, 6.07) is 6.68. The van der Waals surface area contributed by atoms with Crippen LogP contribution in [0, 0.1) is 6.92 Å². The molecule has 0 N–H and O–H groups in total. The Morgan fingerprint density at radius 1 is 1.42 bits per heavy atom. The molecular formula is C11H13S. The number of rotatable bonds is 2. The molecule has 1 aromatic rings. The molecule has 1 aliphatic rings. The van der Waals surface area contributed by atoms with E-state index in [1.54, 1.807) is 11.8 Å². The van der Waals surface area contributed by atoms with Gasteiger partial charge in [0.25, 0.3) is 0 Å². The van der Waals surface area contributed by atoms with E-state index in [4.69, 9.17) is 0 Å². The lowest BCUT2D eigenvalue weighted by Crippen LogP contribution is -1.83. The van der Waals surface area contributed by atoms with Gasteiger partial charge in [-0.15, -0.1) is 11.8 Å². The molecule has 1 aromatic carbocycles. The fourth-order valence-electron chi connectivity index (χ4n) is 1.47. The van der Waals surface area contributed by atoms with Crippen LogP contribution in [-0.4, -0.2) is 6.26 Å². The first-order valence-electron chi connectivity index (χ1n) is 4.31. The minimum absolute atomic E-state index is 0.849. The Balaban J connectivity index is 2.30. The number of thioether (sulfide) groups is 1. The van der Waals surface area contributed by atoms with Crippen LogP contribution in [0.3, 0.4) is 0 Å². The van der Waals surface area contributed by atoms with Crippen molar-refractivity contribution in [2.75, 3.05) is 6.26 Å². The van der Waals surface area contributed by atoms with E-state index in [1.807, 2.05) is 0 Å². The molecule has 0 nitrogen and oxygen atoms in total. The molecule has 0 spiro atoms. The molecule has 1 radical (unpaired) electrons. The summed E-state index contributed by atoms with van der Waals surface area (Å²) in [6.07, 6.45) is 4.84. The quantitative estimate of drug-likeness (QED) is 0.623. The Morgan fingerprint density at radius 2 is 2.17 bits per heavy atom. The van der Waals surface area contributed by atoms with Crippen molar-refractivity contribution in [1.82, 2.24) is 0 Å². The first-order chi connectivity index (χ1) is 5.81. The molecule has 1 fully saturated rings. The van der Waals surface area contributed by atoms with Crippen molar-refractivity contribution in [1.29, 1.82) is 0 Å². The lowest BCUT2D eigenvalue weighted by atomic mass is 10.1. The highest BCUT2D eigenvalue weighted by molar-refractivity contribution is 7.98. The second kappa shape index (κ2) is 3.14. The Labute approximate surface area is 78.4 Å². The van der Waals surface area contributed by atoms with Crippen molar-refractivity contribution < 1.29 is 0 Å². The largest absolute Gasteiger partial charge is 0.129 e. The van der Waals surface area contributed by atoms with Crippen molar-refractivity contribution in [2.45, 2.75) is 23.7 Å². The average Bonchev–Trinajstić information content (AvgIpc) is 2.86. The van der Waals surface area contributed by atoms with Gasteiger partial charge in [-0.2, -0.15) is 0 Å². The van der Waals surface area contributed by atoms with E-state index < -0.39 is 0 Å². The molecule has 0 aromatic heterocycles. The van der Waals surface area contributed by atoms with Gasteiger partial charge in [0.1, 0.15) is 0 Å². The molecule has 2 rings (SSSR count). The summed E-state index contributed by atoms with van der Waals surface area (Å²) in [5.41, 5.74) is 2.67. The summed E-state index contributed by atoms with van der Waals surface area (Å²) in [5.74, 6) is 0.849. The summed E-state index contributed by atoms with van der Waals surface area (Å²) in [5, 5.41) is 0. The molecule has 0 unspecified atom stereocenters. The van der Waals surface area contributed by atoms with Crippen LogP contribution >= 0.6 is 11.8 Å². The second-order valence-electron chi connectivity index (χ2n) is 3.35. The molecule has 0 saturated heterocycles. The first-order valence-corrected chi connectivity index (χ1v) is 5.53. The van der Waals surface area contributed by atoms with Gasteiger partial charge < -0.3 is 0 Å². The van der Waals surface area contributed by atoms with Crippen LogP contribution in [0.1, 0.15) is 29.9 Å². The van der Waals surface area contributed by atoms with Gasteiger partial charge in [0, 0.05) is 4.90 Å². The van der Waals surface area contributed by atoms with E-state index in [0.29, 0.717) is 0 Å². The van der Waals surface area contributed by atoms with Gasteiger partial charge in [-0.3, -0.25) is 0 Å². The molecule has 0 aliphatic heterocycles. The lowest BCUT2D eigenvalue weighted by Gasteiger charge is -2.04. The van der Waals surface area contributed by atoms with Crippen molar-refractivity contribution >= 4 is 11.8 Å². The van der Waals surface area contributed by atoms with Gasteiger partial charge in [0.05, 0.1) is 0 Å². The number of hydrogen-bond donors (Lipinski definition) is 0. The minimum atomic E-state index is 0.849. The zero-order chi connectivity index (χ0) is 8.55. The van der Waals surface area contributed by atoms with Gasteiger partial charge in [0.2, 0.25) is 0 Å². The molecule has 63 valence electrons. The van der Waals surface area contributed by atoms with Crippen LogP contribution in [0.25, 0.3) is 0 Å². The Bertz CT molecular complexity index is 287. The van der Waals surface area contributed by atoms with Crippen LogP contribution in [0.15, 0.2) is 23.1 Å². The van der Waals surface area contributed by atoms with Gasteiger partial charge in [-0.05, 0) is 49.1 Å². The average molecular weight is 177 g/mol. The van der Waals surface area contributed by atoms with Crippen molar-refractivity contribution in [3.63, 3.8) is 0 Å². The van der Waals surface area contributed by atoms with Crippen LogP contribution in [-0.2, 0) is 0 Å². The zero-order valence-corrected chi connectivity index (χ0v) is 8.16. The van der Waals surface area contributed by atoms with Gasteiger partial charge in [0.15, 0.2) is 0 Å². The third-order valence-corrected chi connectivity index (χ3v) is 3.19. The van der Waals surface area contributed by atoms with Gasteiger partial charge in [-0.25, -0.2) is 0 Å². The maximum Gasteiger partial charge on any atom is 0.0101 e. The Morgan fingerprint density at radius 3 is 2.67 bits per heavy atom. The van der Waals surface area contributed by atoms with E-state index in [9.17, 15) is 0 Å². The van der Waals surface area contributed by atoms with Crippen LogP contribution in [0.2, 0.25) is 0 Å². The maximum atomic E-state index is 4.04. The highest BCUT2D eigenvalue weighted by Crippen LogP contribution is 2.41. The van der Waals surface area contributed by atoms with E-state index in [0.717, 1.165) is 5.92 Å². The monoisotopic (exact) mass is 177 g/mol. The van der Waals surface area contributed by atoms with E-state index in [-0.39, 0.29) is 0 Å². The predicted molar refractivity (Wildman–Crippen MR) is 54.7 cm³/mol. The summed E-state index contributed by atoms with van der Waals surface area (Å²) in [7, 11) is 0. The van der Waals surface area contributed by atoms with E-state index in [1.165, 1.54) is 28.9 Å². The summed E-state index contributed by atoms with van der Waals surface area (Å²) < 4.78 is 0. The second-order valence-corrected chi connectivity index (χ2v) is 4.19. The maximum absolute atomic E-state index is 4.04. The smallest absolute Gasteiger partial charge is 0.0101 e. The number of hydrogen-bond acceptors (Lipinski definition) is 1. The molecule has 1 saturated carbocycles. The lowest BCUT2D eigenvalue weighted by molar-refractivity contribution is 1.11. The fraction of sp³-hybridized carbons (Fsp3) is 0.364. The molecule has 1 aliphatic carbocycles. The van der Waals surface area contributed by atoms with Gasteiger partial charge in [-0.1, -0.05) is 12.1 Å². The van der Waals surface area contributed by atoms with Crippen molar-refractivity contribution in [2.24, 2.45) is 0 Å². The predicted octanol–water partition coefficient (Wildman–Crippen LogP) is 3.47. The minimum Gasteiger partial charge on any atom is -0.129 e. The third kappa shape index (κ3) is 1.51. The van der Waals surface area contributed by atoms with E-state index >= 15 is 0 Å². The molecule has 12 heavy (non-hydrogen) atoms. The first kappa shape index (κ1) is 8.18. The SMILES string of the molecule is [CH2]c1cc(C2CC2)ccc1SC. The molecule has 0 heterocycles. The van der Waals surface area contributed by atoms with Crippen molar-refractivity contribution in [3.05, 3.63) is 36.2 Å². The Hall–Kier alpha value is -0.430. The van der Waals surface area contributed by atoms with Crippen LogP contribution in [0.4, 0.5) is 0 Å². The summed E-state index contributed by atoms with van der Waals surface area (Å²) in [4.78, 5) is 1.31. The fourth-order valence-corrected chi connectivity index (χ4v) is 1.99. The highest BCUT2D eigenvalue weighted by atomic mass is 32.2. The molecule has 1 heteroatoms. The summed E-state index contributed by atoms with van der Waals surface area (Å²) in [6.45, 7) is 4.04. The molecule has 0 amide bonds. The standard InChI is InChI=1S/C11H13S/c1-8-7-10(9-3-4-9)5-6-11(8)12-2/h5-7,9H,1,3-4H2,2H3. The highest BCUT2D eigenvalue weighted by Gasteiger charge is 2.23. The number of benzene rings is 1. The normalized spacial score (nSPS) is 16.5. The third-order valence-electron chi connectivity index (χ3n) is 2.35. The zero-order valence-electron chi connectivity index (χ0n) is 7.34. The van der Waals surface area contributed by atoms with Gasteiger partial charge >= 0.3 is 0 Å². The Kier molecular flexibility index (Phi) is 2.14. The van der Waals surface area contributed by atoms with E-state index in [2.05, 4.69) is 31.4 Å². The summed E-state index contributed by atoms with van der Waals surface area (Å²) >= 11 is 1.77. The topological polar surface area (TPSA) is 0 Å². The van der Waals surface area contributed by atoms with Crippen LogP contribution in [0.5, 0.6) is 0 Å². The molecule has 0 atom stereocenters. The molecular weight excluding hydrogens is 164 g/mol. The van der Waals surface area contributed by atoms with Crippen LogP contribution < -0.4 is 0 Å².